The SMILES string of the molecule is CC=C(CCCN(CCCCCCCCC)CCN(CCCCCCCCC)CC(=O)N(CCCN(CCC/C=C/C)CCCCCCCCC)CCNC=O)OCCCCC. The highest BCUT2D eigenvalue weighted by Crippen LogP contribution is 2.14. The Bertz CT molecular complexity index is 1010. The summed E-state index contributed by atoms with van der Waals surface area (Å²) in [4.78, 5) is 35.4. The van der Waals surface area contributed by atoms with Crippen molar-refractivity contribution in [2.24, 2.45) is 0 Å². The van der Waals surface area contributed by atoms with Crippen LogP contribution in [0, 0.1) is 0 Å². The van der Waals surface area contributed by atoms with Gasteiger partial charge in [-0.05, 0) is 111 Å². The van der Waals surface area contributed by atoms with Crippen LogP contribution in [0.3, 0.4) is 0 Å². The Morgan fingerprint density at radius 1 is 0.484 bits per heavy atom. The number of carbonyl (C=O) groups is 2. The number of hydrogen-bond acceptors (Lipinski definition) is 6. The zero-order valence-corrected chi connectivity index (χ0v) is 42.5. The van der Waals surface area contributed by atoms with E-state index in [4.69, 9.17) is 4.74 Å². The number of ether oxygens (including phenoxy) is 1. The number of nitrogens with one attached hydrogen (secondary N) is 1. The maximum atomic E-state index is 14.3. The highest BCUT2D eigenvalue weighted by atomic mass is 16.5. The Morgan fingerprint density at radius 3 is 1.47 bits per heavy atom. The first-order chi connectivity index (χ1) is 30.5. The first kappa shape index (κ1) is 60.1. The Morgan fingerprint density at radius 2 is 0.935 bits per heavy atom. The van der Waals surface area contributed by atoms with Crippen LogP contribution >= 0.6 is 0 Å². The van der Waals surface area contributed by atoms with Crippen LogP contribution in [0.2, 0.25) is 0 Å². The fourth-order valence-corrected chi connectivity index (χ4v) is 8.43. The lowest BCUT2D eigenvalue weighted by atomic mass is 10.1. The minimum absolute atomic E-state index is 0.212. The fraction of sp³-hybridized carbons (Fsp3) is 0.889. The number of hydrogen-bond donors (Lipinski definition) is 1. The molecule has 0 heterocycles. The molecule has 0 atom stereocenters. The number of unbranched alkanes of at least 4 members (excludes halogenated alkanes) is 21. The number of allylic oxidation sites excluding steroid dienone is 4. The zero-order chi connectivity index (χ0) is 45.4. The van der Waals surface area contributed by atoms with Gasteiger partial charge in [-0.2, -0.15) is 0 Å². The monoisotopic (exact) mass is 874 g/mol. The minimum atomic E-state index is 0.212. The highest BCUT2D eigenvalue weighted by Gasteiger charge is 2.19. The van der Waals surface area contributed by atoms with Gasteiger partial charge in [-0.1, -0.05) is 168 Å². The molecule has 0 aliphatic rings. The van der Waals surface area contributed by atoms with Gasteiger partial charge in [0.25, 0.3) is 0 Å². The summed E-state index contributed by atoms with van der Waals surface area (Å²) in [5, 5.41) is 2.84. The second-order valence-corrected chi connectivity index (χ2v) is 18.3. The summed E-state index contributed by atoms with van der Waals surface area (Å²) in [5.41, 5.74) is 0. The molecule has 366 valence electrons. The molecule has 2 amide bonds. The number of amides is 2. The van der Waals surface area contributed by atoms with Gasteiger partial charge >= 0.3 is 0 Å². The third-order valence-corrected chi connectivity index (χ3v) is 12.5. The van der Waals surface area contributed by atoms with Crippen molar-refractivity contribution in [1.29, 1.82) is 0 Å². The standard InChI is InChI=1S/C54H107N5O3/c1-7-13-18-22-25-28-32-41-56(40-31-21-16-10-4)45-37-46-59(47-39-55-52-60)54(61)51-58(43-34-30-27-24-20-15-9-3)49-48-57(42-33-29-26-23-19-14-8-2)44-36-38-53(12-6)62-50-35-17-11-5/h10,12,16,52H,7-9,11,13-15,17-51H2,1-6H3,(H,55,60)/b16-10+,53-12?. The van der Waals surface area contributed by atoms with Gasteiger partial charge in [-0.3, -0.25) is 14.5 Å². The molecule has 0 aliphatic carbocycles. The zero-order valence-electron chi connectivity index (χ0n) is 42.5. The number of carbonyl (C=O) groups excluding carboxylic acids is 2. The van der Waals surface area contributed by atoms with Crippen molar-refractivity contribution in [3.8, 4) is 0 Å². The summed E-state index contributed by atoms with van der Waals surface area (Å²) in [6.45, 7) is 24.8. The summed E-state index contributed by atoms with van der Waals surface area (Å²) >= 11 is 0. The van der Waals surface area contributed by atoms with E-state index in [0.29, 0.717) is 19.6 Å². The summed E-state index contributed by atoms with van der Waals surface area (Å²) in [7, 11) is 0. The second-order valence-electron chi connectivity index (χ2n) is 18.3. The van der Waals surface area contributed by atoms with E-state index in [1.165, 1.54) is 148 Å². The van der Waals surface area contributed by atoms with E-state index in [-0.39, 0.29) is 5.91 Å². The Kier molecular flexibility index (Phi) is 47.1. The van der Waals surface area contributed by atoms with E-state index in [1.54, 1.807) is 0 Å². The van der Waals surface area contributed by atoms with E-state index in [2.05, 4.69) is 84.7 Å². The fourth-order valence-electron chi connectivity index (χ4n) is 8.43. The molecular weight excluding hydrogens is 767 g/mol. The molecule has 0 fully saturated rings. The predicted molar refractivity (Wildman–Crippen MR) is 271 cm³/mol. The summed E-state index contributed by atoms with van der Waals surface area (Å²) in [6.07, 6.45) is 43.8. The van der Waals surface area contributed by atoms with E-state index >= 15 is 0 Å². The largest absolute Gasteiger partial charge is 0.498 e. The average molecular weight is 874 g/mol. The van der Waals surface area contributed by atoms with Crippen molar-refractivity contribution in [3.05, 3.63) is 24.0 Å². The molecule has 8 heteroatoms. The highest BCUT2D eigenvalue weighted by molar-refractivity contribution is 5.78. The third-order valence-electron chi connectivity index (χ3n) is 12.5. The number of rotatable bonds is 50. The normalized spacial score (nSPS) is 12.1. The van der Waals surface area contributed by atoms with Crippen molar-refractivity contribution in [3.63, 3.8) is 0 Å². The van der Waals surface area contributed by atoms with Crippen molar-refractivity contribution in [1.82, 2.24) is 24.9 Å². The minimum Gasteiger partial charge on any atom is -0.498 e. The smallest absolute Gasteiger partial charge is 0.236 e. The molecule has 0 spiro atoms. The maximum Gasteiger partial charge on any atom is 0.236 e. The molecule has 0 unspecified atom stereocenters. The first-order valence-corrected chi connectivity index (χ1v) is 27.0. The Labute approximate surface area is 387 Å². The molecule has 62 heavy (non-hydrogen) atoms. The van der Waals surface area contributed by atoms with Gasteiger partial charge in [0.1, 0.15) is 0 Å². The predicted octanol–water partition coefficient (Wildman–Crippen LogP) is 13.4. The molecule has 1 N–H and O–H groups in total. The van der Waals surface area contributed by atoms with Crippen LogP contribution in [0.25, 0.3) is 0 Å². The van der Waals surface area contributed by atoms with Crippen LogP contribution in [0.1, 0.15) is 228 Å². The Hall–Kier alpha value is -1.90. The molecule has 0 aromatic rings. The van der Waals surface area contributed by atoms with Crippen molar-refractivity contribution < 1.29 is 14.3 Å². The molecule has 0 radical (unpaired) electrons. The molecule has 0 saturated heterocycles. The molecular formula is C54H107N5O3. The molecule has 0 bridgehead atoms. The first-order valence-electron chi connectivity index (χ1n) is 27.0. The van der Waals surface area contributed by atoms with Crippen LogP contribution in [0.4, 0.5) is 0 Å². The summed E-state index contributed by atoms with van der Waals surface area (Å²) in [5.74, 6) is 1.35. The van der Waals surface area contributed by atoms with Gasteiger partial charge < -0.3 is 24.8 Å². The lowest BCUT2D eigenvalue weighted by molar-refractivity contribution is -0.132. The summed E-state index contributed by atoms with van der Waals surface area (Å²) < 4.78 is 6.17. The quantitative estimate of drug-likeness (QED) is 0.0284. The van der Waals surface area contributed by atoms with Crippen molar-refractivity contribution in [2.75, 3.05) is 85.1 Å². The van der Waals surface area contributed by atoms with E-state index < -0.39 is 0 Å². The van der Waals surface area contributed by atoms with Crippen LogP contribution < -0.4 is 5.32 Å². The topological polar surface area (TPSA) is 68.4 Å². The maximum absolute atomic E-state index is 14.3. The molecule has 0 saturated carbocycles. The average Bonchev–Trinajstić information content (AvgIpc) is 3.28. The van der Waals surface area contributed by atoms with E-state index in [1.807, 2.05) is 0 Å². The molecule has 8 nitrogen and oxygen atoms in total. The molecule has 0 aromatic heterocycles. The van der Waals surface area contributed by atoms with Crippen molar-refractivity contribution >= 4 is 12.3 Å². The van der Waals surface area contributed by atoms with E-state index in [0.717, 1.165) is 116 Å². The third kappa shape index (κ3) is 39.7. The molecule has 0 rings (SSSR count). The lowest BCUT2D eigenvalue weighted by Crippen LogP contribution is -2.46. The van der Waals surface area contributed by atoms with Crippen LogP contribution in [0.15, 0.2) is 24.0 Å². The number of nitrogens with zero attached hydrogens (tertiary/aromatic N) is 4. The van der Waals surface area contributed by atoms with Crippen LogP contribution in [0.5, 0.6) is 0 Å². The summed E-state index contributed by atoms with van der Waals surface area (Å²) in [6, 6.07) is 0. The van der Waals surface area contributed by atoms with Crippen LogP contribution in [-0.4, -0.2) is 117 Å². The van der Waals surface area contributed by atoms with E-state index in [9.17, 15) is 9.59 Å². The van der Waals surface area contributed by atoms with Crippen LogP contribution in [-0.2, 0) is 14.3 Å². The van der Waals surface area contributed by atoms with Crippen molar-refractivity contribution in [2.45, 2.75) is 228 Å². The van der Waals surface area contributed by atoms with Gasteiger partial charge in [0, 0.05) is 39.1 Å². The van der Waals surface area contributed by atoms with Gasteiger partial charge in [0.05, 0.1) is 18.9 Å². The molecule has 0 aromatic carbocycles. The Balaban J connectivity index is 5.75. The lowest BCUT2D eigenvalue weighted by Gasteiger charge is -2.31. The molecule has 0 aliphatic heterocycles. The van der Waals surface area contributed by atoms with Gasteiger partial charge in [-0.15, -0.1) is 0 Å². The van der Waals surface area contributed by atoms with Gasteiger partial charge in [0.15, 0.2) is 0 Å². The van der Waals surface area contributed by atoms with Gasteiger partial charge in [-0.25, -0.2) is 0 Å². The second kappa shape index (κ2) is 48.6. The van der Waals surface area contributed by atoms with Gasteiger partial charge in [0.2, 0.25) is 12.3 Å².